The summed E-state index contributed by atoms with van der Waals surface area (Å²) >= 11 is 0. The van der Waals surface area contributed by atoms with Gasteiger partial charge in [0.1, 0.15) is 27.1 Å². The zero-order valence-corrected chi connectivity index (χ0v) is 24.7. The first kappa shape index (κ1) is 28.7. The molecular weight excluding hydrogens is 516 g/mol. The van der Waals surface area contributed by atoms with Crippen molar-refractivity contribution in [3.8, 4) is 5.88 Å². The first-order valence-electron chi connectivity index (χ1n) is 13.4. The Morgan fingerprint density at radius 3 is 2.49 bits per heavy atom. The summed E-state index contributed by atoms with van der Waals surface area (Å²) in [6.45, 7) is 13.6. The number of hydrogen-bond acceptors (Lipinski definition) is 9. The van der Waals surface area contributed by atoms with Crippen molar-refractivity contribution in [1.82, 2.24) is 15.0 Å². The number of fused-ring (bicyclic) bond motifs is 2. The van der Waals surface area contributed by atoms with Crippen LogP contribution in [0.4, 0.5) is 11.6 Å². The number of sulfone groups is 1. The minimum absolute atomic E-state index is 0.0771. The van der Waals surface area contributed by atoms with Crippen LogP contribution >= 0.6 is 0 Å². The number of hydrogen-bond donors (Lipinski definition) is 1. The van der Waals surface area contributed by atoms with E-state index in [4.69, 9.17) is 14.5 Å². The number of cyclic esters (lactones) is 1. The zero-order chi connectivity index (χ0) is 28.7. The van der Waals surface area contributed by atoms with E-state index in [0.29, 0.717) is 35.2 Å². The SMILES string of the molecule is CCC(C)c1cnc(O[C@H](C)CC(C)S(C)(=O)=O)c2cnc(Nc3ccc4c(n3)C(C)C(C)(C)OC4=O)cc12. The third kappa shape index (κ3) is 6.00. The van der Waals surface area contributed by atoms with Gasteiger partial charge in [0, 0.05) is 31.0 Å². The van der Waals surface area contributed by atoms with E-state index in [1.807, 2.05) is 40.0 Å². The van der Waals surface area contributed by atoms with Crippen LogP contribution in [0.5, 0.6) is 5.88 Å². The fraction of sp³-hybridized carbons (Fsp3) is 0.517. The normalized spacial score (nSPS) is 19.1. The molecular formula is C29H38N4O5S. The highest BCUT2D eigenvalue weighted by molar-refractivity contribution is 7.91. The van der Waals surface area contributed by atoms with Gasteiger partial charge in [0.25, 0.3) is 0 Å². The molecule has 0 aromatic carbocycles. The summed E-state index contributed by atoms with van der Waals surface area (Å²) in [4.78, 5) is 26.4. The van der Waals surface area contributed by atoms with Crippen LogP contribution < -0.4 is 10.1 Å². The molecule has 1 aliphatic rings. The van der Waals surface area contributed by atoms with Gasteiger partial charge in [-0.25, -0.2) is 28.2 Å². The van der Waals surface area contributed by atoms with Crippen molar-refractivity contribution >= 4 is 38.2 Å². The van der Waals surface area contributed by atoms with Crippen molar-refractivity contribution in [3.63, 3.8) is 0 Å². The lowest BCUT2D eigenvalue weighted by Crippen LogP contribution is -2.39. The fourth-order valence-electron chi connectivity index (χ4n) is 4.68. The summed E-state index contributed by atoms with van der Waals surface area (Å²) in [6, 6.07) is 5.44. The molecule has 1 aliphatic heterocycles. The highest BCUT2D eigenvalue weighted by Crippen LogP contribution is 2.38. The highest BCUT2D eigenvalue weighted by atomic mass is 32.2. The Hall–Kier alpha value is -3.27. The van der Waals surface area contributed by atoms with Crippen molar-refractivity contribution < 1.29 is 22.7 Å². The van der Waals surface area contributed by atoms with Gasteiger partial charge in [0.15, 0.2) is 0 Å². The average Bonchev–Trinajstić information content (AvgIpc) is 2.86. The van der Waals surface area contributed by atoms with E-state index in [9.17, 15) is 13.2 Å². The quantitative estimate of drug-likeness (QED) is 0.321. The van der Waals surface area contributed by atoms with Crippen molar-refractivity contribution in [2.24, 2.45) is 0 Å². The van der Waals surface area contributed by atoms with E-state index < -0.39 is 20.7 Å². The molecule has 0 aliphatic carbocycles. The molecule has 0 fully saturated rings. The summed E-state index contributed by atoms with van der Waals surface area (Å²) in [5.41, 5.74) is 1.59. The Balaban J connectivity index is 1.68. The lowest BCUT2D eigenvalue weighted by molar-refractivity contribution is -0.0189. The molecule has 0 saturated carbocycles. The van der Waals surface area contributed by atoms with Crippen molar-refractivity contribution in [1.29, 1.82) is 0 Å². The molecule has 3 aromatic heterocycles. The third-order valence-corrected chi connectivity index (χ3v) is 9.48. The largest absolute Gasteiger partial charge is 0.474 e. The number of nitrogens with zero attached hydrogens (tertiary/aromatic N) is 3. The zero-order valence-electron chi connectivity index (χ0n) is 23.9. The lowest BCUT2D eigenvalue weighted by atomic mass is 9.84. The number of esters is 1. The van der Waals surface area contributed by atoms with Gasteiger partial charge in [-0.05, 0) is 69.2 Å². The maximum absolute atomic E-state index is 12.5. The molecule has 9 nitrogen and oxygen atoms in total. The molecule has 4 heterocycles. The van der Waals surface area contributed by atoms with Gasteiger partial charge < -0.3 is 14.8 Å². The van der Waals surface area contributed by atoms with Gasteiger partial charge >= 0.3 is 5.97 Å². The Kier molecular flexibility index (Phi) is 7.89. The fourth-order valence-corrected chi connectivity index (χ4v) is 5.30. The number of ether oxygens (including phenoxy) is 2. The predicted octanol–water partition coefficient (Wildman–Crippen LogP) is 5.92. The lowest BCUT2D eigenvalue weighted by Gasteiger charge is -2.36. The van der Waals surface area contributed by atoms with Crippen LogP contribution in [0.3, 0.4) is 0 Å². The Bertz CT molecular complexity index is 1510. The van der Waals surface area contributed by atoms with E-state index in [1.165, 1.54) is 6.26 Å². The van der Waals surface area contributed by atoms with Gasteiger partial charge in [-0.1, -0.05) is 20.8 Å². The Morgan fingerprint density at radius 1 is 1.10 bits per heavy atom. The van der Waals surface area contributed by atoms with Gasteiger partial charge in [-0.3, -0.25) is 0 Å². The predicted molar refractivity (Wildman–Crippen MR) is 153 cm³/mol. The summed E-state index contributed by atoms with van der Waals surface area (Å²) in [5, 5.41) is 4.48. The van der Waals surface area contributed by atoms with Crippen molar-refractivity contribution in [2.45, 2.75) is 90.1 Å². The molecule has 1 N–H and O–H groups in total. The summed E-state index contributed by atoms with van der Waals surface area (Å²) < 4.78 is 35.5. The summed E-state index contributed by atoms with van der Waals surface area (Å²) in [5.74, 6) is 1.41. The van der Waals surface area contributed by atoms with Crippen LogP contribution in [-0.2, 0) is 14.6 Å². The summed E-state index contributed by atoms with van der Waals surface area (Å²) in [6.07, 6.45) is 5.72. The third-order valence-electron chi connectivity index (χ3n) is 7.83. The maximum atomic E-state index is 12.5. The monoisotopic (exact) mass is 554 g/mol. The van der Waals surface area contributed by atoms with E-state index >= 15 is 0 Å². The molecule has 4 atom stereocenters. The molecule has 4 rings (SSSR count). The second-order valence-electron chi connectivity index (χ2n) is 11.2. The molecule has 39 heavy (non-hydrogen) atoms. The first-order chi connectivity index (χ1) is 18.2. The molecule has 0 amide bonds. The number of carbonyl (C=O) groups is 1. The molecule has 0 saturated heterocycles. The number of rotatable bonds is 9. The smallest absolute Gasteiger partial charge is 0.340 e. The molecule has 3 unspecified atom stereocenters. The molecule has 10 heteroatoms. The number of aromatic nitrogens is 3. The van der Waals surface area contributed by atoms with E-state index in [0.717, 1.165) is 22.8 Å². The van der Waals surface area contributed by atoms with E-state index in [1.54, 1.807) is 25.3 Å². The molecule has 0 bridgehead atoms. The maximum Gasteiger partial charge on any atom is 0.340 e. The van der Waals surface area contributed by atoms with Gasteiger partial charge in [-0.15, -0.1) is 0 Å². The Labute approximate surface area is 230 Å². The molecule has 0 radical (unpaired) electrons. The number of anilines is 2. The van der Waals surface area contributed by atoms with Crippen LogP contribution in [0.1, 0.15) is 94.8 Å². The van der Waals surface area contributed by atoms with E-state index in [-0.39, 0.29) is 23.9 Å². The highest BCUT2D eigenvalue weighted by Gasteiger charge is 2.40. The van der Waals surface area contributed by atoms with Crippen molar-refractivity contribution in [3.05, 3.63) is 47.4 Å². The Morgan fingerprint density at radius 2 is 1.82 bits per heavy atom. The topological polar surface area (TPSA) is 120 Å². The molecule has 210 valence electrons. The second kappa shape index (κ2) is 10.7. The molecule has 3 aromatic rings. The van der Waals surface area contributed by atoms with Crippen LogP contribution in [0.15, 0.2) is 30.6 Å². The summed E-state index contributed by atoms with van der Waals surface area (Å²) in [7, 11) is -3.16. The standard InChI is InChI=1S/C29H38N4O5S/c1-9-16(2)22-14-31-27(37-17(3)12-18(4)39(8,35)36)23-15-30-25(13-21(22)23)32-24-11-10-20-26(33-24)19(5)29(6,7)38-28(20)34/h10-11,13-19H,9,12H2,1-8H3,(H,30,32,33)/t16?,17-,18?,19?/m1/s1. The van der Waals surface area contributed by atoms with Crippen LogP contribution in [-0.4, -0.2) is 52.5 Å². The average molecular weight is 555 g/mol. The number of pyridine rings is 3. The van der Waals surface area contributed by atoms with Crippen LogP contribution in [0, 0.1) is 0 Å². The van der Waals surface area contributed by atoms with E-state index in [2.05, 4.69) is 29.1 Å². The first-order valence-corrected chi connectivity index (χ1v) is 15.3. The van der Waals surface area contributed by atoms with Gasteiger partial charge in [-0.2, -0.15) is 0 Å². The second-order valence-corrected chi connectivity index (χ2v) is 13.7. The van der Waals surface area contributed by atoms with Crippen LogP contribution in [0.25, 0.3) is 10.8 Å². The minimum Gasteiger partial charge on any atom is -0.474 e. The molecule has 0 spiro atoms. The van der Waals surface area contributed by atoms with Gasteiger partial charge in [0.2, 0.25) is 5.88 Å². The van der Waals surface area contributed by atoms with Crippen molar-refractivity contribution in [2.75, 3.05) is 11.6 Å². The minimum atomic E-state index is -3.16. The number of carbonyl (C=O) groups excluding carboxylic acids is 1. The number of nitrogens with one attached hydrogen (secondary N) is 1. The van der Waals surface area contributed by atoms with Gasteiger partial charge in [0.05, 0.1) is 28.0 Å². The van der Waals surface area contributed by atoms with Crippen LogP contribution in [0.2, 0.25) is 0 Å².